The van der Waals surface area contributed by atoms with Gasteiger partial charge in [0.05, 0.1) is 11.2 Å². The van der Waals surface area contributed by atoms with Crippen molar-refractivity contribution in [3.05, 3.63) is 18.0 Å². The quantitative estimate of drug-likeness (QED) is 0.727. The van der Waals surface area contributed by atoms with Crippen molar-refractivity contribution in [2.45, 2.75) is 31.8 Å². The summed E-state index contributed by atoms with van der Waals surface area (Å²) in [5.74, 6) is 0. The van der Waals surface area contributed by atoms with Crippen molar-refractivity contribution in [3.8, 4) is 0 Å². The van der Waals surface area contributed by atoms with Gasteiger partial charge in [0.2, 0.25) is 0 Å². The summed E-state index contributed by atoms with van der Waals surface area (Å²) in [6.45, 7) is 3.09. The molecule has 0 radical (unpaired) electrons. The van der Waals surface area contributed by atoms with Gasteiger partial charge in [-0.05, 0) is 32.9 Å². The maximum atomic E-state index is 4.27. The van der Waals surface area contributed by atoms with E-state index in [-0.39, 0.29) is 5.54 Å². The van der Waals surface area contributed by atoms with Crippen LogP contribution < -0.4 is 5.32 Å². The summed E-state index contributed by atoms with van der Waals surface area (Å²) in [4.78, 5) is 0. The summed E-state index contributed by atoms with van der Waals surface area (Å²) in [6.07, 6.45) is 4.38. The van der Waals surface area contributed by atoms with Gasteiger partial charge in [0.25, 0.3) is 0 Å². The van der Waals surface area contributed by atoms with Crippen LogP contribution in [0.2, 0.25) is 0 Å². The Balaban J connectivity index is 2.32. The Bertz CT molecular complexity index is 273. The first-order chi connectivity index (χ1) is 5.82. The molecule has 1 aromatic rings. The van der Waals surface area contributed by atoms with E-state index in [4.69, 9.17) is 0 Å². The van der Waals surface area contributed by atoms with E-state index in [2.05, 4.69) is 28.1 Å². The molecule has 3 heteroatoms. The molecule has 1 aromatic heterocycles. The lowest BCUT2D eigenvalue weighted by atomic mass is 10.2. The first-order valence-electron chi connectivity index (χ1n) is 4.53. The Labute approximate surface area is 72.8 Å². The van der Waals surface area contributed by atoms with Gasteiger partial charge in [-0.15, -0.1) is 0 Å². The Morgan fingerprint density at radius 3 is 2.92 bits per heavy atom. The first-order valence-corrected chi connectivity index (χ1v) is 4.53. The highest BCUT2D eigenvalue weighted by Gasteiger charge is 2.44. The topological polar surface area (TPSA) is 29.9 Å². The third-order valence-electron chi connectivity index (χ3n) is 2.73. The van der Waals surface area contributed by atoms with E-state index < -0.39 is 0 Å². The third-order valence-corrected chi connectivity index (χ3v) is 2.73. The Morgan fingerprint density at radius 1 is 1.67 bits per heavy atom. The van der Waals surface area contributed by atoms with Gasteiger partial charge in [-0.3, -0.25) is 4.68 Å². The highest BCUT2D eigenvalue weighted by Crippen LogP contribution is 2.44. The number of rotatable bonds is 3. The standard InChI is InChI=1S/C9H15N3/c1-3-12-8(4-7-11-12)9(10-2)5-6-9/h4,7,10H,3,5-6H2,1-2H3. The van der Waals surface area contributed by atoms with Crippen LogP contribution in [0.15, 0.2) is 12.3 Å². The van der Waals surface area contributed by atoms with Crippen molar-refractivity contribution < 1.29 is 0 Å². The largest absolute Gasteiger partial charge is 0.309 e. The van der Waals surface area contributed by atoms with Crippen LogP contribution in [0.25, 0.3) is 0 Å². The monoisotopic (exact) mass is 165 g/mol. The normalized spacial score (nSPS) is 19.5. The highest BCUT2D eigenvalue weighted by molar-refractivity contribution is 5.22. The van der Waals surface area contributed by atoms with E-state index in [1.54, 1.807) is 0 Å². The maximum absolute atomic E-state index is 4.27. The molecule has 1 aliphatic rings. The molecule has 1 fully saturated rings. The SMILES string of the molecule is CCn1nccc1C1(NC)CC1. The number of nitrogens with one attached hydrogen (secondary N) is 1. The lowest BCUT2D eigenvalue weighted by Crippen LogP contribution is -2.27. The van der Waals surface area contributed by atoms with Gasteiger partial charge in [0.1, 0.15) is 0 Å². The van der Waals surface area contributed by atoms with E-state index in [1.807, 2.05) is 13.2 Å². The average molecular weight is 165 g/mol. The fourth-order valence-corrected chi connectivity index (χ4v) is 1.75. The van der Waals surface area contributed by atoms with Crippen molar-refractivity contribution in [1.29, 1.82) is 0 Å². The molecule has 1 N–H and O–H groups in total. The fraction of sp³-hybridized carbons (Fsp3) is 0.667. The molecular formula is C9H15N3. The molecule has 0 atom stereocenters. The molecule has 0 aromatic carbocycles. The van der Waals surface area contributed by atoms with Gasteiger partial charge in [-0.2, -0.15) is 5.10 Å². The lowest BCUT2D eigenvalue weighted by Gasteiger charge is -2.15. The van der Waals surface area contributed by atoms with Crippen LogP contribution in [0.5, 0.6) is 0 Å². The number of aryl methyl sites for hydroxylation is 1. The van der Waals surface area contributed by atoms with E-state index in [1.165, 1.54) is 18.5 Å². The summed E-state index contributed by atoms with van der Waals surface area (Å²) >= 11 is 0. The van der Waals surface area contributed by atoms with Crippen LogP contribution >= 0.6 is 0 Å². The molecule has 0 unspecified atom stereocenters. The van der Waals surface area contributed by atoms with Crippen molar-refractivity contribution in [1.82, 2.24) is 15.1 Å². The molecule has 0 spiro atoms. The number of hydrogen-bond acceptors (Lipinski definition) is 2. The summed E-state index contributed by atoms with van der Waals surface area (Å²) in [5, 5.41) is 7.63. The average Bonchev–Trinajstić information content (AvgIpc) is 2.76. The molecule has 3 nitrogen and oxygen atoms in total. The van der Waals surface area contributed by atoms with Crippen LogP contribution in [0.3, 0.4) is 0 Å². The Morgan fingerprint density at radius 2 is 2.42 bits per heavy atom. The van der Waals surface area contributed by atoms with E-state index in [9.17, 15) is 0 Å². The zero-order valence-electron chi connectivity index (χ0n) is 7.67. The van der Waals surface area contributed by atoms with Crippen LogP contribution in [0.1, 0.15) is 25.5 Å². The van der Waals surface area contributed by atoms with Gasteiger partial charge in [0, 0.05) is 12.7 Å². The Hall–Kier alpha value is -0.830. The highest BCUT2D eigenvalue weighted by atomic mass is 15.3. The fourth-order valence-electron chi connectivity index (χ4n) is 1.75. The minimum Gasteiger partial charge on any atom is -0.309 e. The smallest absolute Gasteiger partial charge is 0.0604 e. The maximum Gasteiger partial charge on any atom is 0.0604 e. The van der Waals surface area contributed by atoms with Crippen LogP contribution in [0.4, 0.5) is 0 Å². The van der Waals surface area contributed by atoms with E-state index in [0.29, 0.717) is 0 Å². The first kappa shape index (κ1) is 7.80. The second-order valence-electron chi connectivity index (χ2n) is 3.36. The summed E-state index contributed by atoms with van der Waals surface area (Å²) in [7, 11) is 2.03. The second kappa shape index (κ2) is 2.59. The summed E-state index contributed by atoms with van der Waals surface area (Å²) in [5.41, 5.74) is 1.60. The van der Waals surface area contributed by atoms with Crippen LogP contribution in [-0.4, -0.2) is 16.8 Å². The predicted octanol–water partition coefficient (Wildman–Crippen LogP) is 1.11. The van der Waals surface area contributed by atoms with Crippen molar-refractivity contribution in [2.24, 2.45) is 0 Å². The predicted molar refractivity (Wildman–Crippen MR) is 47.9 cm³/mol. The van der Waals surface area contributed by atoms with Crippen LogP contribution in [-0.2, 0) is 12.1 Å². The molecule has 1 saturated carbocycles. The molecule has 12 heavy (non-hydrogen) atoms. The second-order valence-corrected chi connectivity index (χ2v) is 3.36. The van der Waals surface area contributed by atoms with E-state index >= 15 is 0 Å². The molecular weight excluding hydrogens is 150 g/mol. The zero-order chi connectivity index (χ0) is 8.60. The third kappa shape index (κ3) is 0.966. The van der Waals surface area contributed by atoms with E-state index in [0.717, 1.165) is 6.54 Å². The van der Waals surface area contributed by atoms with Crippen molar-refractivity contribution in [2.75, 3.05) is 7.05 Å². The molecule has 0 amide bonds. The minimum absolute atomic E-state index is 0.256. The number of hydrogen-bond donors (Lipinski definition) is 1. The van der Waals surface area contributed by atoms with Gasteiger partial charge in [-0.1, -0.05) is 0 Å². The molecule has 2 rings (SSSR count). The molecule has 0 aliphatic heterocycles. The molecule has 0 saturated heterocycles. The molecule has 0 bridgehead atoms. The minimum atomic E-state index is 0.256. The number of aromatic nitrogens is 2. The Kier molecular flexibility index (Phi) is 1.68. The molecule has 1 aliphatic carbocycles. The van der Waals surface area contributed by atoms with Crippen molar-refractivity contribution in [3.63, 3.8) is 0 Å². The van der Waals surface area contributed by atoms with Gasteiger partial charge >= 0.3 is 0 Å². The van der Waals surface area contributed by atoms with Gasteiger partial charge < -0.3 is 5.32 Å². The summed E-state index contributed by atoms with van der Waals surface area (Å²) in [6, 6.07) is 2.12. The van der Waals surface area contributed by atoms with Gasteiger partial charge in [0.15, 0.2) is 0 Å². The van der Waals surface area contributed by atoms with Gasteiger partial charge in [-0.25, -0.2) is 0 Å². The zero-order valence-corrected chi connectivity index (χ0v) is 7.67. The summed E-state index contributed by atoms with van der Waals surface area (Å²) < 4.78 is 2.07. The molecule has 1 heterocycles. The van der Waals surface area contributed by atoms with Crippen LogP contribution in [0, 0.1) is 0 Å². The lowest BCUT2D eigenvalue weighted by molar-refractivity contribution is 0.503. The number of nitrogens with zero attached hydrogens (tertiary/aromatic N) is 2. The van der Waals surface area contributed by atoms with Crippen molar-refractivity contribution >= 4 is 0 Å². The molecule has 66 valence electrons.